The van der Waals surface area contributed by atoms with Crippen molar-refractivity contribution in [1.82, 2.24) is 0 Å². The largest absolute Gasteiger partial charge is 0.507 e. The monoisotopic (exact) mass is 248 g/mol. The average molecular weight is 248 g/mol. The van der Waals surface area contributed by atoms with Crippen molar-refractivity contribution >= 4 is 10.8 Å². The van der Waals surface area contributed by atoms with Crippen LogP contribution in [0.2, 0.25) is 0 Å². The summed E-state index contributed by atoms with van der Waals surface area (Å²) in [4.78, 5) is 0. The number of fused-ring (bicyclic) bond motifs is 1. The van der Waals surface area contributed by atoms with Crippen molar-refractivity contribution in [2.24, 2.45) is 0 Å². The Balaban J connectivity index is 2.40. The van der Waals surface area contributed by atoms with Crippen LogP contribution in [0.15, 0.2) is 54.6 Å². The molecule has 0 saturated carbocycles. The van der Waals surface area contributed by atoms with Crippen LogP contribution >= 0.6 is 0 Å². The molecule has 0 aliphatic carbocycles. The van der Waals surface area contributed by atoms with Crippen LogP contribution in [0.5, 0.6) is 5.75 Å². The van der Waals surface area contributed by atoms with Gasteiger partial charge in [0.05, 0.1) is 0 Å². The molecule has 0 heterocycles. The van der Waals surface area contributed by atoms with Gasteiger partial charge in [0, 0.05) is 5.39 Å². The molecule has 0 bridgehead atoms. The number of benzene rings is 3. The summed E-state index contributed by atoms with van der Waals surface area (Å²) < 4.78 is 0. The zero-order valence-corrected chi connectivity index (χ0v) is 11.1. The van der Waals surface area contributed by atoms with Gasteiger partial charge < -0.3 is 5.11 Å². The number of phenols is 1. The summed E-state index contributed by atoms with van der Waals surface area (Å²) in [7, 11) is 0. The van der Waals surface area contributed by atoms with Gasteiger partial charge in [-0.25, -0.2) is 0 Å². The topological polar surface area (TPSA) is 20.2 Å². The van der Waals surface area contributed by atoms with Crippen LogP contribution in [0.4, 0.5) is 0 Å². The van der Waals surface area contributed by atoms with E-state index < -0.39 is 0 Å². The zero-order valence-electron chi connectivity index (χ0n) is 11.1. The lowest BCUT2D eigenvalue weighted by Crippen LogP contribution is -1.86. The lowest BCUT2D eigenvalue weighted by molar-refractivity contribution is 0.477. The van der Waals surface area contributed by atoms with E-state index >= 15 is 0 Å². The minimum atomic E-state index is 0.387. The minimum absolute atomic E-state index is 0.387. The Hall–Kier alpha value is -2.28. The second-order valence-electron chi connectivity index (χ2n) is 5.00. The molecule has 0 aliphatic rings. The summed E-state index contributed by atoms with van der Waals surface area (Å²) in [6.45, 7) is 3.99. The van der Waals surface area contributed by atoms with E-state index in [1.165, 1.54) is 11.1 Å². The lowest BCUT2D eigenvalue weighted by atomic mass is 9.94. The van der Waals surface area contributed by atoms with Gasteiger partial charge in [-0.2, -0.15) is 0 Å². The van der Waals surface area contributed by atoms with Crippen molar-refractivity contribution in [3.8, 4) is 16.9 Å². The molecular weight excluding hydrogens is 232 g/mol. The SMILES string of the molecule is Cc1ccc2c(-c3ccccc3)cc(C)c(O)c2c1. The quantitative estimate of drug-likeness (QED) is 0.654. The molecule has 19 heavy (non-hydrogen) atoms. The highest BCUT2D eigenvalue weighted by Crippen LogP contribution is 2.36. The molecule has 3 aromatic carbocycles. The molecule has 0 spiro atoms. The van der Waals surface area contributed by atoms with Crippen molar-refractivity contribution < 1.29 is 5.11 Å². The van der Waals surface area contributed by atoms with Crippen molar-refractivity contribution in [2.45, 2.75) is 13.8 Å². The summed E-state index contributed by atoms with van der Waals surface area (Å²) in [6, 6.07) is 18.6. The van der Waals surface area contributed by atoms with Crippen LogP contribution in [0.1, 0.15) is 11.1 Å². The van der Waals surface area contributed by atoms with E-state index in [0.717, 1.165) is 21.9 Å². The molecule has 1 N–H and O–H groups in total. The van der Waals surface area contributed by atoms with Crippen molar-refractivity contribution in [2.75, 3.05) is 0 Å². The molecule has 0 fully saturated rings. The summed E-state index contributed by atoms with van der Waals surface area (Å²) in [6.07, 6.45) is 0. The number of aryl methyl sites for hydroxylation is 2. The van der Waals surface area contributed by atoms with Gasteiger partial charge in [-0.05, 0) is 48.1 Å². The summed E-state index contributed by atoms with van der Waals surface area (Å²) in [5, 5.41) is 12.3. The Bertz CT molecular complexity index is 742. The first-order valence-electron chi connectivity index (χ1n) is 6.45. The third-order valence-corrected chi connectivity index (χ3v) is 3.54. The third-order valence-electron chi connectivity index (χ3n) is 3.54. The van der Waals surface area contributed by atoms with Gasteiger partial charge in [0.1, 0.15) is 5.75 Å². The summed E-state index contributed by atoms with van der Waals surface area (Å²) in [5.41, 5.74) is 4.43. The van der Waals surface area contributed by atoms with Gasteiger partial charge in [0.15, 0.2) is 0 Å². The second kappa shape index (κ2) is 4.43. The fraction of sp³-hybridized carbons (Fsp3) is 0.111. The Labute approximate surface area is 113 Å². The molecule has 3 rings (SSSR count). The van der Waals surface area contributed by atoms with Crippen molar-refractivity contribution in [3.05, 3.63) is 65.7 Å². The van der Waals surface area contributed by atoms with E-state index in [-0.39, 0.29) is 0 Å². The van der Waals surface area contributed by atoms with Gasteiger partial charge in [-0.3, -0.25) is 0 Å². The third kappa shape index (κ3) is 1.97. The molecule has 1 nitrogen and oxygen atoms in total. The predicted octanol–water partition coefficient (Wildman–Crippen LogP) is 4.83. The van der Waals surface area contributed by atoms with Crippen LogP contribution in [-0.4, -0.2) is 5.11 Å². The van der Waals surface area contributed by atoms with Crippen molar-refractivity contribution in [1.29, 1.82) is 0 Å². The molecule has 1 heteroatoms. The molecule has 0 radical (unpaired) electrons. The lowest BCUT2D eigenvalue weighted by Gasteiger charge is -2.12. The Morgan fingerprint density at radius 3 is 2.26 bits per heavy atom. The molecule has 0 amide bonds. The van der Waals surface area contributed by atoms with Crippen LogP contribution in [0, 0.1) is 13.8 Å². The van der Waals surface area contributed by atoms with E-state index in [4.69, 9.17) is 0 Å². The first-order valence-corrected chi connectivity index (χ1v) is 6.45. The highest BCUT2D eigenvalue weighted by molar-refractivity contribution is 6.01. The van der Waals surface area contributed by atoms with Gasteiger partial charge in [-0.1, -0.05) is 48.0 Å². The summed E-state index contributed by atoms with van der Waals surface area (Å²) >= 11 is 0. The maximum absolute atomic E-state index is 10.3. The first-order chi connectivity index (χ1) is 9.16. The molecule has 0 saturated heterocycles. The predicted molar refractivity (Wildman–Crippen MR) is 80.5 cm³/mol. The normalized spacial score (nSPS) is 10.8. The Morgan fingerprint density at radius 1 is 0.789 bits per heavy atom. The van der Waals surface area contributed by atoms with Gasteiger partial charge in [0.25, 0.3) is 0 Å². The highest BCUT2D eigenvalue weighted by atomic mass is 16.3. The second-order valence-corrected chi connectivity index (χ2v) is 5.00. The zero-order chi connectivity index (χ0) is 13.4. The van der Waals surface area contributed by atoms with E-state index in [1.54, 1.807) is 0 Å². The summed E-state index contributed by atoms with van der Waals surface area (Å²) in [5.74, 6) is 0.387. The molecule has 94 valence electrons. The highest BCUT2D eigenvalue weighted by Gasteiger charge is 2.10. The molecular formula is C18H16O. The van der Waals surface area contributed by atoms with Gasteiger partial charge in [-0.15, -0.1) is 0 Å². The van der Waals surface area contributed by atoms with Crippen LogP contribution < -0.4 is 0 Å². The standard InChI is InChI=1S/C18H16O/c1-12-8-9-15-16(14-6-4-3-5-7-14)11-13(2)18(19)17(15)10-12/h3-11,19H,1-2H3. The minimum Gasteiger partial charge on any atom is -0.507 e. The fourth-order valence-corrected chi connectivity index (χ4v) is 2.52. The first kappa shape index (κ1) is 11.8. The van der Waals surface area contributed by atoms with E-state index in [9.17, 15) is 5.11 Å². The van der Waals surface area contributed by atoms with Crippen LogP contribution in [0.25, 0.3) is 21.9 Å². The van der Waals surface area contributed by atoms with Crippen LogP contribution in [0.3, 0.4) is 0 Å². The fourth-order valence-electron chi connectivity index (χ4n) is 2.52. The molecule has 0 aromatic heterocycles. The van der Waals surface area contributed by atoms with Gasteiger partial charge in [0.2, 0.25) is 0 Å². The maximum atomic E-state index is 10.3. The van der Waals surface area contributed by atoms with Crippen LogP contribution in [-0.2, 0) is 0 Å². The Morgan fingerprint density at radius 2 is 1.53 bits per heavy atom. The number of aromatic hydroxyl groups is 1. The molecule has 0 unspecified atom stereocenters. The van der Waals surface area contributed by atoms with E-state index in [0.29, 0.717) is 5.75 Å². The smallest absolute Gasteiger partial charge is 0.126 e. The van der Waals surface area contributed by atoms with E-state index in [2.05, 4.69) is 30.3 Å². The molecule has 0 atom stereocenters. The Kier molecular flexibility index (Phi) is 2.75. The van der Waals surface area contributed by atoms with Gasteiger partial charge >= 0.3 is 0 Å². The maximum Gasteiger partial charge on any atom is 0.126 e. The van der Waals surface area contributed by atoms with E-state index in [1.807, 2.05) is 38.1 Å². The number of hydrogen-bond donors (Lipinski definition) is 1. The van der Waals surface area contributed by atoms with Crippen molar-refractivity contribution in [3.63, 3.8) is 0 Å². The molecule has 3 aromatic rings. The number of hydrogen-bond acceptors (Lipinski definition) is 1. The molecule has 0 aliphatic heterocycles. The average Bonchev–Trinajstić information content (AvgIpc) is 2.44. The number of rotatable bonds is 1. The number of phenolic OH excluding ortho intramolecular Hbond substituents is 1.